The molecule has 2 atom stereocenters. The van der Waals surface area contributed by atoms with Crippen LogP contribution in [-0.4, -0.2) is 26.0 Å². The van der Waals surface area contributed by atoms with Crippen LogP contribution in [0.1, 0.15) is 30.1 Å². The fourth-order valence-electron chi connectivity index (χ4n) is 2.32. The van der Waals surface area contributed by atoms with E-state index in [9.17, 15) is 0 Å². The Kier molecular flexibility index (Phi) is 6.31. The van der Waals surface area contributed by atoms with Gasteiger partial charge >= 0.3 is 0 Å². The summed E-state index contributed by atoms with van der Waals surface area (Å²) in [6.45, 7) is 1.18. The molecule has 2 rings (SSSR count). The number of terminal acetylenes is 2. The van der Waals surface area contributed by atoms with Gasteiger partial charge in [-0.1, -0.05) is 5.92 Å². The topological polar surface area (TPSA) is 83.0 Å². The van der Waals surface area contributed by atoms with Gasteiger partial charge in [0.2, 0.25) is 0 Å². The van der Waals surface area contributed by atoms with Crippen LogP contribution in [0.3, 0.4) is 0 Å². The van der Waals surface area contributed by atoms with Crippen molar-refractivity contribution in [2.24, 2.45) is 11.5 Å². The molecule has 0 amide bonds. The highest BCUT2D eigenvalue weighted by atomic mass is 16.6. The van der Waals surface area contributed by atoms with E-state index in [0.29, 0.717) is 31.7 Å². The molecule has 23 heavy (non-hydrogen) atoms. The first-order chi connectivity index (χ1) is 11.2. The van der Waals surface area contributed by atoms with Crippen molar-refractivity contribution in [1.29, 1.82) is 0 Å². The summed E-state index contributed by atoms with van der Waals surface area (Å²) in [6.07, 6.45) is 12.2. The van der Waals surface area contributed by atoms with Crippen molar-refractivity contribution in [2.75, 3.05) is 19.8 Å². The molecule has 0 radical (unpaired) electrons. The first-order valence-corrected chi connectivity index (χ1v) is 7.61. The quantitative estimate of drug-likeness (QED) is 0.408. The van der Waals surface area contributed by atoms with Gasteiger partial charge in [0, 0.05) is 12.0 Å². The summed E-state index contributed by atoms with van der Waals surface area (Å²) in [5.74, 6) is 6.45. The van der Waals surface area contributed by atoms with E-state index in [0.717, 1.165) is 23.3 Å². The van der Waals surface area contributed by atoms with Crippen LogP contribution in [0.25, 0.3) is 0 Å². The molecule has 1 aliphatic heterocycles. The van der Waals surface area contributed by atoms with Crippen LogP contribution in [0.2, 0.25) is 0 Å². The van der Waals surface area contributed by atoms with Gasteiger partial charge in [0.25, 0.3) is 0 Å². The molecule has 1 fully saturated rings. The zero-order valence-corrected chi connectivity index (χ0v) is 13.1. The van der Waals surface area contributed by atoms with Crippen molar-refractivity contribution in [3.05, 3.63) is 23.3 Å². The molecule has 2 unspecified atom stereocenters. The van der Waals surface area contributed by atoms with Gasteiger partial charge in [-0.3, -0.25) is 0 Å². The number of ether oxygens (including phenoxy) is 3. The predicted octanol–water partition coefficient (Wildman–Crippen LogP) is 1.35. The molecule has 0 spiro atoms. The zero-order valence-electron chi connectivity index (χ0n) is 13.1. The Balaban J connectivity index is 2.26. The molecular formula is C18H22N2O3. The molecule has 1 saturated heterocycles. The van der Waals surface area contributed by atoms with Gasteiger partial charge in [-0.15, -0.1) is 18.8 Å². The van der Waals surface area contributed by atoms with E-state index in [1.807, 2.05) is 12.1 Å². The van der Waals surface area contributed by atoms with Crippen LogP contribution in [-0.2, 0) is 11.2 Å². The molecule has 1 aliphatic rings. The van der Waals surface area contributed by atoms with E-state index in [-0.39, 0.29) is 18.9 Å². The van der Waals surface area contributed by atoms with Crippen LogP contribution in [0.5, 0.6) is 11.5 Å². The predicted molar refractivity (Wildman–Crippen MR) is 88.9 cm³/mol. The Bertz CT molecular complexity index is 616. The third kappa shape index (κ3) is 4.64. The summed E-state index contributed by atoms with van der Waals surface area (Å²) in [5, 5.41) is 0. The Morgan fingerprint density at radius 1 is 1.17 bits per heavy atom. The van der Waals surface area contributed by atoms with Crippen molar-refractivity contribution in [3.63, 3.8) is 0 Å². The minimum absolute atomic E-state index is 0.136. The van der Waals surface area contributed by atoms with Crippen molar-refractivity contribution in [1.82, 2.24) is 0 Å². The minimum Gasteiger partial charge on any atom is -0.493 e. The molecule has 122 valence electrons. The summed E-state index contributed by atoms with van der Waals surface area (Å²) in [5.41, 5.74) is 13.3. The van der Waals surface area contributed by atoms with Gasteiger partial charge in [-0.05, 0) is 37.1 Å². The standard InChI is InChI=1S/C18H22N2O3/c1-3-5-6-10-22-16-12-13(17-18(20)23-17)11-15(21-9-4-2)14(16)7-8-19/h1-2,11-12,17-18H,5-10,19-20H2. The Morgan fingerprint density at radius 2 is 1.87 bits per heavy atom. The second-order valence-electron chi connectivity index (χ2n) is 5.20. The molecule has 4 N–H and O–H groups in total. The lowest BCUT2D eigenvalue weighted by molar-refractivity contribution is 0.302. The fourth-order valence-corrected chi connectivity index (χ4v) is 2.32. The van der Waals surface area contributed by atoms with Crippen molar-refractivity contribution >= 4 is 0 Å². The Labute approximate surface area is 137 Å². The third-order valence-corrected chi connectivity index (χ3v) is 3.47. The summed E-state index contributed by atoms with van der Waals surface area (Å²) in [4.78, 5) is 0. The number of epoxide rings is 1. The largest absolute Gasteiger partial charge is 0.493 e. The van der Waals surface area contributed by atoms with Crippen molar-refractivity contribution in [3.8, 4) is 36.2 Å². The third-order valence-electron chi connectivity index (χ3n) is 3.47. The smallest absolute Gasteiger partial charge is 0.148 e. The van der Waals surface area contributed by atoms with Crippen molar-refractivity contribution < 1.29 is 14.2 Å². The molecule has 1 aromatic carbocycles. The maximum absolute atomic E-state index is 5.89. The second kappa shape index (κ2) is 8.45. The molecule has 0 bridgehead atoms. The van der Waals surface area contributed by atoms with Gasteiger partial charge in [0.05, 0.1) is 6.61 Å². The van der Waals surface area contributed by atoms with Gasteiger partial charge in [-0.25, -0.2) is 0 Å². The Hall–Kier alpha value is -2.18. The maximum atomic E-state index is 5.89. The molecule has 1 heterocycles. The van der Waals surface area contributed by atoms with Crippen LogP contribution >= 0.6 is 0 Å². The van der Waals surface area contributed by atoms with E-state index in [1.54, 1.807) is 0 Å². The fraction of sp³-hybridized carbons (Fsp3) is 0.444. The lowest BCUT2D eigenvalue weighted by atomic mass is 10.0. The van der Waals surface area contributed by atoms with Gasteiger partial charge in [0.1, 0.15) is 30.4 Å². The normalized spacial score (nSPS) is 18.8. The summed E-state index contributed by atoms with van der Waals surface area (Å²) in [6, 6.07) is 3.83. The first-order valence-electron chi connectivity index (χ1n) is 7.61. The average molecular weight is 314 g/mol. The van der Waals surface area contributed by atoms with Crippen molar-refractivity contribution in [2.45, 2.75) is 31.6 Å². The van der Waals surface area contributed by atoms with Crippen LogP contribution < -0.4 is 20.9 Å². The molecular weight excluding hydrogens is 292 g/mol. The molecule has 0 aromatic heterocycles. The number of hydrogen-bond acceptors (Lipinski definition) is 5. The number of nitrogens with two attached hydrogens (primary N) is 2. The minimum atomic E-state index is -0.287. The summed E-state index contributed by atoms with van der Waals surface area (Å²) in [7, 11) is 0. The Morgan fingerprint density at radius 3 is 2.43 bits per heavy atom. The molecule has 1 aromatic rings. The van der Waals surface area contributed by atoms with Gasteiger partial charge in [0.15, 0.2) is 0 Å². The van der Waals surface area contributed by atoms with Crippen LogP contribution in [0.4, 0.5) is 0 Å². The second-order valence-corrected chi connectivity index (χ2v) is 5.20. The lowest BCUT2D eigenvalue weighted by Crippen LogP contribution is -2.10. The number of hydrogen-bond donors (Lipinski definition) is 2. The van der Waals surface area contributed by atoms with E-state index >= 15 is 0 Å². The van der Waals surface area contributed by atoms with E-state index in [2.05, 4.69) is 11.8 Å². The summed E-state index contributed by atoms with van der Waals surface area (Å²) >= 11 is 0. The highest BCUT2D eigenvalue weighted by Gasteiger charge is 2.37. The van der Waals surface area contributed by atoms with E-state index in [4.69, 9.17) is 38.5 Å². The molecule has 5 heteroatoms. The monoisotopic (exact) mass is 314 g/mol. The van der Waals surface area contributed by atoms with Gasteiger partial charge in [-0.2, -0.15) is 0 Å². The van der Waals surface area contributed by atoms with E-state index < -0.39 is 0 Å². The maximum Gasteiger partial charge on any atom is 0.148 e. The SMILES string of the molecule is C#CCCCOc1cc(C2OC2N)cc(OCC#C)c1CCN. The van der Waals surface area contributed by atoms with Gasteiger partial charge < -0.3 is 25.7 Å². The average Bonchev–Trinajstić information content (AvgIpc) is 3.28. The highest BCUT2D eigenvalue weighted by molar-refractivity contribution is 5.50. The number of benzene rings is 1. The summed E-state index contributed by atoms with van der Waals surface area (Å²) < 4.78 is 16.9. The molecule has 0 saturated carbocycles. The molecule has 5 nitrogen and oxygen atoms in total. The van der Waals surface area contributed by atoms with E-state index in [1.165, 1.54) is 0 Å². The van der Waals surface area contributed by atoms with Crippen LogP contribution in [0, 0.1) is 24.7 Å². The zero-order chi connectivity index (χ0) is 16.7. The molecule has 0 aliphatic carbocycles. The first kappa shape index (κ1) is 17.2. The van der Waals surface area contributed by atoms with Crippen LogP contribution in [0.15, 0.2) is 12.1 Å². The highest BCUT2D eigenvalue weighted by Crippen LogP contribution is 2.41. The number of unbranched alkanes of at least 4 members (excludes halogenated alkanes) is 1. The number of rotatable bonds is 9. The lowest BCUT2D eigenvalue weighted by Gasteiger charge is -2.17.